The summed E-state index contributed by atoms with van der Waals surface area (Å²) in [6.45, 7) is 4.88. The van der Waals surface area contributed by atoms with Gasteiger partial charge in [-0.05, 0) is 12.1 Å². The van der Waals surface area contributed by atoms with Crippen molar-refractivity contribution >= 4 is 5.65 Å². The van der Waals surface area contributed by atoms with Gasteiger partial charge in [-0.15, -0.1) is 0 Å². The number of nitrogens with zero attached hydrogens (tertiary/aromatic N) is 3. The van der Waals surface area contributed by atoms with Gasteiger partial charge >= 0.3 is 0 Å². The lowest BCUT2D eigenvalue weighted by Crippen LogP contribution is -2.51. The summed E-state index contributed by atoms with van der Waals surface area (Å²) in [5.74, 6) is 0. The molecule has 3 heterocycles. The molecule has 0 bridgehead atoms. The lowest BCUT2D eigenvalue weighted by Gasteiger charge is -2.36. The zero-order chi connectivity index (χ0) is 11.7. The molecule has 17 heavy (non-hydrogen) atoms. The van der Waals surface area contributed by atoms with E-state index in [9.17, 15) is 0 Å². The van der Waals surface area contributed by atoms with E-state index in [0.29, 0.717) is 0 Å². The molecule has 0 aromatic carbocycles. The second-order valence-corrected chi connectivity index (χ2v) is 5.04. The average molecular weight is 232 g/mol. The largest absolute Gasteiger partial charge is 0.370 e. The van der Waals surface area contributed by atoms with Crippen LogP contribution in [-0.2, 0) is 11.3 Å². The highest BCUT2D eigenvalue weighted by Crippen LogP contribution is 2.14. The molecule has 0 atom stereocenters. The van der Waals surface area contributed by atoms with Gasteiger partial charge in [0, 0.05) is 12.4 Å². The van der Waals surface area contributed by atoms with E-state index in [-0.39, 0.29) is 0 Å². The fraction of sp³-hybridized carbons (Fsp3) is 0.462. The Morgan fingerprint density at radius 1 is 1.35 bits per heavy atom. The molecule has 2 aromatic rings. The average Bonchev–Trinajstić information content (AvgIpc) is 2.71. The molecule has 1 aliphatic rings. The van der Waals surface area contributed by atoms with Crippen LogP contribution in [0.15, 0.2) is 30.6 Å². The number of morpholine rings is 1. The predicted molar refractivity (Wildman–Crippen MR) is 65.6 cm³/mol. The minimum atomic E-state index is 0.865. The number of hydrogen-bond acceptors (Lipinski definition) is 2. The monoisotopic (exact) mass is 232 g/mol. The minimum absolute atomic E-state index is 0.865. The number of hydrogen-bond donors (Lipinski definition) is 0. The quantitative estimate of drug-likeness (QED) is 0.730. The summed E-state index contributed by atoms with van der Waals surface area (Å²) in [5, 5.41) is 0. The lowest BCUT2D eigenvalue weighted by atomic mass is 10.3. The Balaban J connectivity index is 1.84. The molecule has 0 aliphatic carbocycles. The first-order chi connectivity index (χ1) is 8.25. The summed E-state index contributed by atoms with van der Waals surface area (Å²) in [7, 11) is 2.28. The van der Waals surface area contributed by atoms with Gasteiger partial charge in [-0.3, -0.25) is 0 Å². The number of quaternary nitrogens is 1. The molecule has 4 nitrogen and oxygen atoms in total. The van der Waals surface area contributed by atoms with Crippen LogP contribution in [0.3, 0.4) is 0 Å². The highest BCUT2D eigenvalue weighted by atomic mass is 16.5. The van der Waals surface area contributed by atoms with Crippen molar-refractivity contribution in [1.29, 1.82) is 0 Å². The number of pyridine rings is 1. The number of rotatable bonds is 2. The van der Waals surface area contributed by atoms with Crippen molar-refractivity contribution < 1.29 is 9.22 Å². The first kappa shape index (κ1) is 10.7. The molecule has 1 saturated heterocycles. The van der Waals surface area contributed by atoms with Crippen LogP contribution in [0.1, 0.15) is 5.69 Å². The molecule has 0 saturated carbocycles. The summed E-state index contributed by atoms with van der Waals surface area (Å²) < 4.78 is 8.54. The number of fused-ring (bicyclic) bond motifs is 1. The van der Waals surface area contributed by atoms with E-state index in [1.54, 1.807) is 0 Å². The normalized spacial score (nSPS) is 19.6. The lowest BCUT2D eigenvalue weighted by molar-refractivity contribution is -0.929. The van der Waals surface area contributed by atoms with Crippen LogP contribution in [0.2, 0.25) is 0 Å². The van der Waals surface area contributed by atoms with Crippen molar-refractivity contribution in [3.8, 4) is 0 Å². The SMILES string of the molecule is C[N+]1(Cc2cn3ccccc3n2)CCOCC1. The Hall–Kier alpha value is -1.39. The van der Waals surface area contributed by atoms with Crippen LogP contribution in [-0.4, -0.2) is 47.2 Å². The molecule has 1 fully saturated rings. The van der Waals surface area contributed by atoms with E-state index in [1.807, 2.05) is 24.4 Å². The van der Waals surface area contributed by atoms with Gasteiger partial charge in [0.25, 0.3) is 0 Å². The van der Waals surface area contributed by atoms with Crippen molar-refractivity contribution in [3.63, 3.8) is 0 Å². The van der Waals surface area contributed by atoms with Gasteiger partial charge in [0.1, 0.15) is 31.0 Å². The molecule has 0 N–H and O–H groups in total. The van der Waals surface area contributed by atoms with Gasteiger partial charge in [0.2, 0.25) is 0 Å². The van der Waals surface area contributed by atoms with Crippen molar-refractivity contribution in [3.05, 3.63) is 36.3 Å². The number of likely N-dealkylation sites (N-methyl/N-ethyl adjacent to an activating group) is 1. The van der Waals surface area contributed by atoms with Crippen LogP contribution in [0.5, 0.6) is 0 Å². The molecule has 4 heteroatoms. The molecule has 0 spiro atoms. The van der Waals surface area contributed by atoms with E-state index in [2.05, 4.69) is 22.6 Å². The van der Waals surface area contributed by atoms with Gasteiger partial charge in [0.15, 0.2) is 0 Å². The van der Waals surface area contributed by atoms with Gasteiger partial charge in [0.05, 0.1) is 20.3 Å². The molecule has 90 valence electrons. The third-order valence-electron chi connectivity index (χ3n) is 3.51. The van der Waals surface area contributed by atoms with Gasteiger partial charge in [-0.1, -0.05) is 6.07 Å². The topological polar surface area (TPSA) is 26.5 Å². The summed E-state index contributed by atoms with van der Waals surface area (Å²) in [6, 6.07) is 6.10. The van der Waals surface area contributed by atoms with Crippen LogP contribution in [0.25, 0.3) is 5.65 Å². The Morgan fingerprint density at radius 2 is 2.18 bits per heavy atom. The smallest absolute Gasteiger partial charge is 0.137 e. The van der Waals surface area contributed by atoms with E-state index < -0.39 is 0 Å². The van der Waals surface area contributed by atoms with E-state index in [4.69, 9.17) is 4.74 Å². The molecule has 0 radical (unpaired) electrons. The Labute approximate surface area is 101 Å². The number of ether oxygens (including phenoxy) is 1. The summed E-state index contributed by atoms with van der Waals surface area (Å²) in [6.07, 6.45) is 4.18. The number of aromatic nitrogens is 2. The van der Waals surface area contributed by atoms with Crippen LogP contribution in [0.4, 0.5) is 0 Å². The third-order valence-corrected chi connectivity index (χ3v) is 3.51. The van der Waals surface area contributed by atoms with Gasteiger partial charge < -0.3 is 13.6 Å². The van der Waals surface area contributed by atoms with Crippen molar-refractivity contribution in [2.75, 3.05) is 33.4 Å². The van der Waals surface area contributed by atoms with E-state index >= 15 is 0 Å². The highest BCUT2D eigenvalue weighted by molar-refractivity contribution is 5.39. The van der Waals surface area contributed by atoms with E-state index in [0.717, 1.165) is 43.0 Å². The second kappa shape index (κ2) is 4.13. The third kappa shape index (κ3) is 2.18. The zero-order valence-corrected chi connectivity index (χ0v) is 10.2. The second-order valence-electron chi connectivity index (χ2n) is 5.04. The Bertz CT molecular complexity index is 481. The van der Waals surface area contributed by atoms with E-state index in [1.165, 1.54) is 5.69 Å². The fourth-order valence-electron chi connectivity index (χ4n) is 2.40. The summed E-state index contributed by atoms with van der Waals surface area (Å²) in [5.41, 5.74) is 2.20. The summed E-state index contributed by atoms with van der Waals surface area (Å²) in [4.78, 5) is 4.66. The molecule has 2 aromatic heterocycles. The van der Waals surface area contributed by atoms with Crippen molar-refractivity contribution in [2.24, 2.45) is 0 Å². The Kier molecular flexibility index (Phi) is 2.61. The highest BCUT2D eigenvalue weighted by Gasteiger charge is 2.26. The maximum Gasteiger partial charge on any atom is 0.137 e. The van der Waals surface area contributed by atoms with Crippen LogP contribution >= 0.6 is 0 Å². The molecular formula is C13H18N3O+. The predicted octanol–water partition coefficient (Wildman–Crippen LogP) is 1.31. The molecule has 0 amide bonds. The fourth-order valence-corrected chi connectivity index (χ4v) is 2.40. The standard InChI is InChI=1S/C13H18N3O/c1-16(6-8-17-9-7-16)11-12-10-15-5-3-2-4-13(15)14-12/h2-5,10H,6-9,11H2,1H3/q+1. The first-order valence-electron chi connectivity index (χ1n) is 6.09. The zero-order valence-electron chi connectivity index (χ0n) is 10.2. The maximum absolute atomic E-state index is 5.42. The van der Waals surface area contributed by atoms with Gasteiger partial charge in [-0.25, -0.2) is 4.98 Å². The summed E-state index contributed by atoms with van der Waals surface area (Å²) >= 11 is 0. The first-order valence-corrected chi connectivity index (χ1v) is 6.09. The maximum atomic E-state index is 5.42. The van der Waals surface area contributed by atoms with Crippen molar-refractivity contribution in [2.45, 2.75) is 6.54 Å². The molecular weight excluding hydrogens is 214 g/mol. The van der Waals surface area contributed by atoms with Crippen molar-refractivity contribution in [1.82, 2.24) is 9.38 Å². The Morgan fingerprint density at radius 3 is 2.94 bits per heavy atom. The van der Waals surface area contributed by atoms with Crippen LogP contribution in [0, 0.1) is 0 Å². The molecule has 3 rings (SSSR count). The minimum Gasteiger partial charge on any atom is -0.370 e. The molecule has 0 unspecified atom stereocenters. The van der Waals surface area contributed by atoms with Gasteiger partial charge in [-0.2, -0.15) is 0 Å². The number of imidazole rings is 1. The molecule has 1 aliphatic heterocycles. The van der Waals surface area contributed by atoms with Crippen LogP contribution < -0.4 is 0 Å².